The van der Waals surface area contributed by atoms with E-state index in [-0.39, 0.29) is 23.8 Å². The fourth-order valence-electron chi connectivity index (χ4n) is 3.10. The Morgan fingerprint density at radius 1 is 1.27 bits per heavy atom. The normalized spacial score (nSPS) is 14.9. The average molecular weight is 404 g/mol. The van der Waals surface area contributed by atoms with E-state index in [1.807, 2.05) is 36.4 Å². The van der Waals surface area contributed by atoms with Crippen LogP contribution in [-0.2, 0) is 19.1 Å². The molecule has 0 spiro atoms. The molecule has 1 aliphatic heterocycles. The number of anilines is 1. The van der Waals surface area contributed by atoms with Crippen LogP contribution in [0.15, 0.2) is 72.1 Å². The number of hydrazine groups is 1. The Labute approximate surface area is 172 Å². The molecule has 0 amide bonds. The number of hydrogen-bond donors (Lipinski definition) is 2. The Morgan fingerprint density at radius 2 is 2.07 bits per heavy atom. The minimum atomic E-state index is -0.740. The second kappa shape index (κ2) is 8.12. The zero-order valence-corrected chi connectivity index (χ0v) is 16.5. The summed E-state index contributed by atoms with van der Waals surface area (Å²) < 4.78 is 10.8. The number of hydrogen-bond acceptors (Lipinski definition) is 7. The van der Waals surface area contributed by atoms with E-state index in [4.69, 9.17) is 9.47 Å². The number of Topliss-reactive ketones (excluding diaryl/α,β-unsaturated/α-hetero) is 1. The number of carbonyl (C=O) groups is 2. The smallest absolute Gasteiger partial charge is 0.347 e. The highest BCUT2D eigenvalue weighted by Gasteiger charge is 2.37. The van der Waals surface area contributed by atoms with Crippen molar-refractivity contribution >= 4 is 34.5 Å². The third-order valence-electron chi connectivity index (χ3n) is 4.55. The summed E-state index contributed by atoms with van der Waals surface area (Å²) in [4.78, 5) is 32.7. The number of esters is 1. The molecule has 0 unspecified atom stereocenters. The fraction of sp³-hybridized carbons (Fsp3) is 0.136. The van der Waals surface area contributed by atoms with Gasteiger partial charge >= 0.3 is 5.97 Å². The van der Waals surface area contributed by atoms with Crippen LogP contribution in [-0.4, -0.2) is 35.4 Å². The minimum absolute atomic E-state index is 0.0202. The quantitative estimate of drug-likeness (QED) is 0.282. The van der Waals surface area contributed by atoms with E-state index in [1.165, 1.54) is 0 Å². The lowest BCUT2D eigenvalue weighted by molar-refractivity contribution is -0.139. The van der Waals surface area contributed by atoms with Crippen LogP contribution in [0.25, 0.3) is 17.1 Å². The summed E-state index contributed by atoms with van der Waals surface area (Å²) in [6.07, 6.45) is 4.99. The number of ketones is 1. The molecule has 0 atom stereocenters. The van der Waals surface area contributed by atoms with Gasteiger partial charge in [-0.25, -0.2) is 9.78 Å². The summed E-state index contributed by atoms with van der Waals surface area (Å²) in [5.41, 5.74) is 5.03. The Bertz CT molecular complexity index is 1160. The highest BCUT2D eigenvalue weighted by molar-refractivity contribution is 6.26. The molecule has 0 bridgehead atoms. The Hall–Kier alpha value is -4.07. The van der Waals surface area contributed by atoms with Gasteiger partial charge in [0.2, 0.25) is 11.7 Å². The van der Waals surface area contributed by atoms with Gasteiger partial charge in [-0.2, -0.15) is 0 Å². The number of carbonyl (C=O) groups excluding carboxylic acids is 2. The van der Waals surface area contributed by atoms with Gasteiger partial charge < -0.3 is 14.5 Å². The molecule has 8 heteroatoms. The standard InChI is InChI=1S/C22H20N4O4/c1-3-29-22(28)18-19(27)17(12-14-13-24-20-16(14)10-7-11-23-20)30-21(18)25-26(2)15-8-5-4-6-9-15/h4-13,25H,3H2,1-2H3,(H,23,24). The van der Waals surface area contributed by atoms with Crippen molar-refractivity contribution in [3.8, 4) is 0 Å². The summed E-state index contributed by atoms with van der Waals surface area (Å²) in [7, 11) is 1.76. The van der Waals surface area contributed by atoms with Crippen molar-refractivity contribution in [1.29, 1.82) is 0 Å². The SMILES string of the molecule is CCOC(=O)C1=C(NN(C)c2ccccc2)OC(=Cc2c[nH]c3ncccc23)C1=O. The van der Waals surface area contributed by atoms with E-state index in [0.29, 0.717) is 5.65 Å². The first-order chi connectivity index (χ1) is 14.6. The molecule has 3 heterocycles. The molecule has 3 aromatic rings. The van der Waals surface area contributed by atoms with Crippen LogP contribution in [0.5, 0.6) is 0 Å². The number of aromatic amines is 1. The van der Waals surface area contributed by atoms with Gasteiger partial charge in [0.15, 0.2) is 11.3 Å². The van der Waals surface area contributed by atoms with E-state index in [0.717, 1.165) is 16.6 Å². The fourth-order valence-corrected chi connectivity index (χ4v) is 3.10. The largest absolute Gasteiger partial charge is 0.462 e. The van der Waals surface area contributed by atoms with E-state index in [2.05, 4.69) is 15.4 Å². The number of pyridine rings is 1. The number of para-hydroxylation sites is 1. The zero-order valence-electron chi connectivity index (χ0n) is 16.5. The van der Waals surface area contributed by atoms with Crippen molar-refractivity contribution in [1.82, 2.24) is 15.4 Å². The summed E-state index contributed by atoms with van der Waals surface area (Å²) in [6, 6.07) is 13.1. The van der Waals surface area contributed by atoms with Crippen molar-refractivity contribution in [3.63, 3.8) is 0 Å². The maximum Gasteiger partial charge on any atom is 0.347 e. The van der Waals surface area contributed by atoms with E-state index >= 15 is 0 Å². The topological polar surface area (TPSA) is 96.6 Å². The molecule has 152 valence electrons. The molecule has 4 rings (SSSR count). The van der Waals surface area contributed by atoms with Crippen LogP contribution in [0.2, 0.25) is 0 Å². The molecule has 8 nitrogen and oxygen atoms in total. The second-order valence-electron chi connectivity index (χ2n) is 6.51. The number of nitrogens with zero attached hydrogens (tertiary/aromatic N) is 2. The van der Waals surface area contributed by atoms with Gasteiger partial charge in [0, 0.05) is 30.4 Å². The van der Waals surface area contributed by atoms with Crippen molar-refractivity contribution in [2.75, 3.05) is 18.7 Å². The lowest BCUT2D eigenvalue weighted by atomic mass is 10.1. The summed E-state index contributed by atoms with van der Waals surface area (Å²) >= 11 is 0. The lowest BCUT2D eigenvalue weighted by Gasteiger charge is -2.21. The number of H-pyrrole nitrogens is 1. The van der Waals surface area contributed by atoms with Crippen molar-refractivity contribution in [3.05, 3.63) is 77.6 Å². The van der Waals surface area contributed by atoms with E-state index < -0.39 is 11.8 Å². The summed E-state index contributed by atoms with van der Waals surface area (Å²) in [5.74, 6) is -1.24. The van der Waals surface area contributed by atoms with Crippen LogP contribution >= 0.6 is 0 Å². The number of fused-ring (bicyclic) bond motifs is 1. The van der Waals surface area contributed by atoms with Gasteiger partial charge in [-0.3, -0.25) is 15.2 Å². The van der Waals surface area contributed by atoms with Crippen molar-refractivity contribution in [2.45, 2.75) is 6.92 Å². The Morgan fingerprint density at radius 3 is 2.83 bits per heavy atom. The third kappa shape index (κ3) is 3.62. The Balaban J connectivity index is 1.67. The monoisotopic (exact) mass is 404 g/mol. The maximum absolute atomic E-state index is 13.0. The zero-order chi connectivity index (χ0) is 21.1. The van der Waals surface area contributed by atoms with Gasteiger partial charge in [0.25, 0.3) is 0 Å². The molecule has 0 aliphatic carbocycles. The van der Waals surface area contributed by atoms with Crippen molar-refractivity contribution in [2.24, 2.45) is 0 Å². The summed E-state index contributed by atoms with van der Waals surface area (Å²) in [5, 5.41) is 2.49. The first kappa shape index (κ1) is 19.3. The molecule has 0 radical (unpaired) electrons. The third-order valence-corrected chi connectivity index (χ3v) is 4.55. The first-order valence-electron chi connectivity index (χ1n) is 9.41. The van der Waals surface area contributed by atoms with E-state index in [1.54, 1.807) is 43.5 Å². The maximum atomic E-state index is 13.0. The molecular formula is C22H20N4O4. The number of benzene rings is 1. The molecule has 1 aliphatic rings. The van der Waals surface area contributed by atoms with Gasteiger partial charge in [0.05, 0.1) is 12.3 Å². The van der Waals surface area contributed by atoms with Crippen LogP contribution in [0.1, 0.15) is 12.5 Å². The molecule has 0 saturated heterocycles. The number of ether oxygens (including phenoxy) is 2. The molecule has 1 aromatic carbocycles. The molecule has 0 fully saturated rings. The van der Waals surface area contributed by atoms with Crippen molar-refractivity contribution < 1.29 is 19.1 Å². The number of rotatable bonds is 6. The Kier molecular flexibility index (Phi) is 5.21. The highest BCUT2D eigenvalue weighted by Crippen LogP contribution is 2.28. The average Bonchev–Trinajstić information content (AvgIpc) is 3.30. The minimum Gasteiger partial charge on any atom is -0.462 e. The molecule has 2 N–H and O–H groups in total. The first-order valence-corrected chi connectivity index (χ1v) is 9.41. The predicted molar refractivity (Wildman–Crippen MR) is 112 cm³/mol. The predicted octanol–water partition coefficient (Wildman–Crippen LogP) is 2.92. The second-order valence-corrected chi connectivity index (χ2v) is 6.51. The van der Waals surface area contributed by atoms with Crippen LogP contribution in [0, 0.1) is 0 Å². The van der Waals surface area contributed by atoms with Crippen LogP contribution in [0.4, 0.5) is 5.69 Å². The summed E-state index contributed by atoms with van der Waals surface area (Å²) in [6.45, 7) is 1.82. The van der Waals surface area contributed by atoms with E-state index in [9.17, 15) is 9.59 Å². The number of allylic oxidation sites excluding steroid dienone is 1. The molecule has 0 saturated carbocycles. The molecule has 2 aromatic heterocycles. The highest BCUT2D eigenvalue weighted by atomic mass is 16.5. The van der Waals surface area contributed by atoms with Gasteiger partial charge in [-0.05, 0) is 37.3 Å². The van der Waals surface area contributed by atoms with Gasteiger partial charge in [-0.15, -0.1) is 0 Å². The molecule has 30 heavy (non-hydrogen) atoms. The molecular weight excluding hydrogens is 384 g/mol. The lowest BCUT2D eigenvalue weighted by Crippen LogP contribution is -2.35. The van der Waals surface area contributed by atoms with Crippen LogP contribution < -0.4 is 10.4 Å². The number of aromatic nitrogens is 2. The van der Waals surface area contributed by atoms with Gasteiger partial charge in [-0.1, -0.05) is 18.2 Å². The van der Waals surface area contributed by atoms with Crippen LogP contribution in [0.3, 0.4) is 0 Å². The van der Waals surface area contributed by atoms with Gasteiger partial charge in [0.1, 0.15) is 5.65 Å². The number of nitrogens with one attached hydrogen (secondary N) is 2.